The van der Waals surface area contributed by atoms with Gasteiger partial charge in [0, 0.05) is 5.69 Å². The molecule has 0 aliphatic heterocycles. The molecule has 0 fully saturated rings. The maximum Gasteiger partial charge on any atom is 0.335 e. The lowest BCUT2D eigenvalue weighted by atomic mass is 9.96. The second kappa shape index (κ2) is 10.5. The lowest BCUT2D eigenvalue weighted by Crippen LogP contribution is -2.19. The molecule has 5 nitrogen and oxygen atoms in total. The van der Waals surface area contributed by atoms with Gasteiger partial charge in [0.05, 0.1) is 24.8 Å². The van der Waals surface area contributed by atoms with Crippen LogP contribution in [-0.2, 0) is 6.42 Å². The Morgan fingerprint density at radius 2 is 1.63 bits per heavy atom. The molecule has 0 saturated heterocycles. The number of aliphatic hydroxyl groups excluding tert-OH is 1. The van der Waals surface area contributed by atoms with Crippen molar-refractivity contribution in [1.82, 2.24) is 0 Å². The molecule has 30 heavy (non-hydrogen) atoms. The normalized spacial score (nSPS) is 12.7. The van der Waals surface area contributed by atoms with E-state index in [4.69, 9.17) is 9.84 Å². The molecule has 0 bridgehead atoms. The number of hydrogen-bond donors (Lipinski definition) is 3. The zero-order valence-electron chi connectivity index (χ0n) is 17.0. The molecule has 5 heteroatoms. The Balaban J connectivity index is 1.71. The van der Waals surface area contributed by atoms with Crippen molar-refractivity contribution in [2.24, 2.45) is 0 Å². The summed E-state index contributed by atoms with van der Waals surface area (Å²) in [5.74, 6) is -0.183. The summed E-state index contributed by atoms with van der Waals surface area (Å²) in [6, 6.07) is 24.4. The molecule has 0 aromatic heterocycles. The molecule has 0 radical (unpaired) electrons. The number of anilines is 1. The first-order chi connectivity index (χ1) is 14.5. The molecule has 3 N–H and O–H groups in total. The van der Waals surface area contributed by atoms with Gasteiger partial charge in [0.1, 0.15) is 5.75 Å². The largest absolute Gasteiger partial charge is 0.497 e. The highest BCUT2D eigenvalue weighted by molar-refractivity contribution is 5.88. The van der Waals surface area contributed by atoms with Crippen molar-refractivity contribution in [3.8, 4) is 5.75 Å². The number of aliphatic hydroxyl groups is 1. The number of aryl methyl sites for hydroxylation is 1. The number of benzene rings is 3. The molecule has 0 aliphatic rings. The molecule has 2 atom stereocenters. The minimum Gasteiger partial charge on any atom is -0.497 e. The van der Waals surface area contributed by atoms with Crippen molar-refractivity contribution >= 4 is 11.7 Å². The lowest BCUT2D eigenvalue weighted by Gasteiger charge is -2.24. The first-order valence-electron chi connectivity index (χ1n) is 10.0. The molecule has 0 spiro atoms. The smallest absolute Gasteiger partial charge is 0.335 e. The van der Waals surface area contributed by atoms with Crippen LogP contribution < -0.4 is 10.1 Å². The van der Waals surface area contributed by atoms with E-state index in [2.05, 4.69) is 17.4 Å². The van der Waals surface area contributed by atoms with Gasteiger partial charge in [-0.2, -0.15) is 0 Å². The van der Waals surface area contributed by atoms with E-state index in [0.717, 1.165) is 23.4 Å². The van der Waals surface area contributed by atoms with Gasteiger partial charge in [-0.1, -0.05) is 42.5 Å². The van der Waals surface area contributed by atoms with Crippen LogP contribution in [-0.4, -0.2) is 29.4 Å². The fraction of sp³-hybridized carbons (Fsp3) is 0.240. The predicted molar refractivity (Wildman–Crippen MR) is 118 cm³/mol. The standard InChI is InChI=1S/C25H27NO4/c1-30-23-15-10-19(11-16-23)24(26-21-12-8-20(9-13-21)25(28)29)17-22(27)14-7-18-5-3-2-4-6-18/h2-6,8-13,15-16,22,24,26-27H,7,14,17H2,1H3,(H,28,29). The minimum atomic E-state index is -0.954. The van der Waals surface area contributed by atoms with Gasteiger partial charge in [-0.15, -0.1) is 0 Å². The number of hydrogen-bond acceptors (Lipinski definition) is 4. The van der Waals surface area contributed by atoms with E-state index in [1.54, 1.807) is 31.4 Å². The first-order valence-corrected chi connectivity index (χ1v) is 10.0. The Kier molecular flexibility index (Phi) is 7.46. The zero-order chi connectivity index (χ0) is 21.3. The SMILES string of the molecule is COc1ccc(C(CC(O)CCc2ccccc2)Nc2ccc(C(=O)O)cc2)cc1. The number of carboxylic acid groups (broad SMARTS) is 1. The fourth-order valence-corrected chi connectivity index (χ4v) is 3.39. The van der Waals surface area contributed by atoms with E-state index in [9.17, 15) is 9.90 Å². The van der Waals surface area contributed by atoms with Gasteiger partial charge in [0.25, 0.3) is 0 Å². The number of carboxylic acids is 1. The van der Waals surface area contributed by atoms with E-state index in [1.807, 2.05) is 42.5 Å². The van der Waals surface area contributed by atoms with Crippen molar-refractivity contribution in [2.75, 3.05) is 12.4 Å². The molecule has 0 aliphatic carbocycles. The van der Waals surface area contributed by atoms with E-state index in [0.29, 0.717) is 12.8 Å². The maximum atomic E-state index is 11.1. The number of ether oxygens (including phenoxy) is 1. The van der Waals surface area contributed by atoms with E-state index in [-0.39, 0.29) is 11.6 Å². The third-order valence-electron chi connectivity index (χ3n) is 5.11. The number of rotatable bonds is 10. The molecule has 156 valence electrons. The van der Waals surface area contributed by atoms with Gasteiger partial charge in [0.15, 0.2) is 0 Å². The second-order valence-corrected chi connectivity index (χ2v) is 7.27. The van der Waals surface area contributed by atoms with Crippen molar-refractivity contribution < 1.29 is 19.7 Å². The molecule has 0 saturated carbocycles. The van der Waals surface area contributed by atoms with Crippen molar-refractivity contribution in [3.05, 3.63) is 95.6 Å². The second-order valence-electron chi connectivity index (χ2n) is 7.27. The summed E-state index contributed by atoms with van der Waals surface area (Å²) >= 11 is 0. The highest BCUT2D eigenvalue weighted by atomic mass is 16.5. The van der Waals surface area contributed by atoms with Gasteiger partial charge in [-0.05, 0) is 66.8 Å². The molecular formula is C25H27NO4. The van der Waals surface area contributed by atoms with Crippen LogP contribution in [0.25, 0.3) is 0 Å². The molecule has 3 aromatic carbocycles. The quantitative estimate of drug-likeness (QED) is 0.446. The molecule has 0 heterocycles. The summed E-state index contributed by atoms with van der Waals surface area (Å²) < 4.78 is 5.25. The fourth-order valence-electron chi connectivity index (χ4n) is 3.39. The average molecular weight is 405 g/mol. The molecule has 3 aromatic rings. The van der Waals surface area contributed by atoms with Crippen LogP contribution >= 0.6 is 0 Å². The van der Waals surface area contributed by atoms with Crippen molar-refractivity contribution in [3.63, 3.8) is 0 Å². The van der Waals surface area contributed by atoms with Crippen LogP contribution in [0.15, 0.2) is 78.9 Å². The third-order valence-corrected chi connectivity index (χ3v) is 5.11. The first kappa shape index (κ1) is 21.4. The van der Waals surface area contributed by atoms with Crippen LogP contribution in [0.4, 0.5) is 5.69 Å². The summed E-state index contributed by atoms with van der Waals surface area (Å²) in [6.45, 7) is 0. The summed E-state index contributed by atoms with van der Waals surface area (Å²) in [7, 11) is 1.63. The summed E-state index contributed by atoms with van der Waals surface area (Å²) in [4.78, 5) is 11.1. The topological polar surface area (TPSA) is 78.8 Å². The molecule has 2 unspecified atom stereocenters. The lowest BCUT2D eigenvalue weighted by molar-refractivity contribution is 0.0697. The van der Waals surface area contributed by atoms with E-state index >= 15 is 0 Å². The Hall–Kier alpha value is -3.31. The van der Waals surface area contributed by atoms with Crippen molar-refractivity contribution in [1.29, 1.82) is 0 Å². The summed E-state index contributed by atoms with van der Waals surface area (Å²) in [6.07, 6.45) is 1.52. The van der Waals surface area contributed by atoms with E-state index < -0.39 is 12.1 Å². The highest BCUT2D eigenvalue weighted by Crippen LogP contribution is 2.27. The summed E-state index contributed by atoms with van der Waals surface area (Å²) in [5.41, 5.74) is 3.27. The number of nitrogens with one attached hydrogen (secondary N) is 1. The van der Waals surface area contributed by atoms with Crippen molar-refractivity contribution in [2.45, 2.75) is 31.4 Å². The molecule has 3 rings (SSSR count). The minimum absolute atomic E-state index is 0.127. The molecule has 0 amide bonds. The molecular weight excluding hydrogens is 378 g/mol. The van der Waals surface area contributed by atoms with E-state index in [1.165, 1.54) is 5.56 Å². The maximum absolute atomic E-state index is 11.1. The summed E-state index contributed by atoms with van der Waals surface area (Å²) in [5, 5.41) is 23.2. The van der Waals surface area contributed by atoms with Crippen LogP contribution in [0.3, 0.4) is 0 Å². The van der Waals surface area contributed by atoms with Crippen LogP contribution in [0.1, 0.15) is 40.4 Å². The zero-order valence-corrected chi connectivity index (χ0v) is 17.0. The van der Waals surface area contributed by atoms with Gasteiger partial charge in [0.2, 0.25) is 0 Å². The van der Waals surface area contributed by atoms with Crippen LogP contribution in [0.2, 0.25) is 0 Å². The predicted octanol–water partition coefficient (Wildman–Crippen LogP) is 4.93. The van der Waals surface area contributed by atoms with Gasteiger partial charge in [-0.25, -0.2) is 4.79 Å². The highest BCUT2D eigenvalue weighted by Gasteiger charge is 2.17. The average Bonchev–Trinajstić information content (AvgIpc) is 2.78. The van der Waals surface area contributed by atoms with Gasteiger partial charge in [-0.3, -0.25) is 0 Å². The Morgan fingerprint density at radius 3 is 2.23 bits per heavy atom. The van der Waals surface area contributed by atoms with Crippen LogP contribution in [0.5, 0.6) is 5.75 Å². The van der Waals surface area contributed by atoms with Gasteiger partial charge >= 0.3 is 5.97 Å². The Morgan fingerprint density at radius 1 is 0.967 bits per heavy atom. The van der Waals surface area contributed by atoms with Crippen LogP contribution in [0, 0.1) is 0 Å². The monoisotopic (exact) mass is 405 g/mol. The van der Waals surface area contributed by atoms with Gasteiger partial charge < -0.3 is 20.3 Å². The third kappa shape index (κ3) is 6.09. The Labute approximate surface area is 177 Å². The number of aromatic carboxylic acids is 1. The number of carbonyl (C=O) groups is 1. The number of methoxy groups -OCH3 is 1. The Bertz CT molecular complexity index is 924.